The van der Waals surface area contributed by atoms with Crippen molar-refractivity contribution in [3.8, 4) is 5.69 Å². The van der Waals surface area contributed by atoms with Gasteiger partial charge in [-0.3, -0.25) is 4.79 Å². The van der Waals surface area contributed by atoms with Crippen LogP contribution in [0.15, 0.2) is 29.3 Å². The third-order valence-corrected chi connectivity index (χ3v) is 4.59. The molecule has 0 aliphatic heterocycles. The smallest absolute Gasteiger partial charge is 0.313 e. The second kappa shape index (κ2) is 6.00. The Kier molecular flexibility index (Phi) is 4.04. The molecule has 3 aromatic rings. The van der Waals surface area contributed by atoms with Gasteiger partial charge in [-0.15, -0.1) is 5.10 Å². The number of aryl methyl sites for hydroxylation is 3. The van der Waals surface area contributed by atoms with Crippen LogP contribution in [0.2, 0.25) is 0 Å². The minimum atomic E-state index is -0.888. The first-order valence-electron chi connectivity index (χ1n) is 7.12. The number of aromatic nitrogens is 4. The predicted octanol–water partition coefficient (Wildman–Crippen LogP) is 2.92. The number of para-hydroxylation sites is 1. The monoisotopic (exact) mass is 328 g/mol. The van der Waals surface area contributed by atoms with Gasteiger partial charge < -0.3 is 5.11 Å². The van der Waals surface area contributed by atoms with Crippen LogP contribution in [-0.2, 0) is 4.79 Å². The maximum absolute atomic E-state index is 10.8. The van der Waals surface area contributed by atoms with Crippen molar-refractivity contribution in [1.82, 2.24) is 20.0 Å². The molecule has 0 unspecified atom stereocenters. The number of carbonyl (C=O) groups is 1. The number of hydrogen-bond acceptors (Lipinski definition) is 5. The Hall–Kier alpha value is -2.41. The highest BCUT2D eigenvalue weighted by atomic mass is 32.2. The lowest BCUT2D eigenvalue weighted by Crippen LogP contribution is -2.01. The molecule has 0 aliphatic rings. The van der Waals surface area contributed by atoms with Gasteiger partial charge in [0.05, 0.1) is 22.8 Å². The molecular formula is C16H16N4O2S. The van der Waals surface area contributed by atoms with Crippen LogP contribution in [0.4, 0.5) is 0 Å². The number of hydrogen-bond donors (Lipinski definition) is 1. The average molecular weight is 328 g/mol. The Balaban J connectivity index is 2.21. The van der Waals surface area contributed by atoms with Crippen LogP contribution in [0.25, 0.3) is 16.6 Å². The summed E-state index contributed by atoms with van der Waals surface area (Å²) in [4.78, 5) is 10.8. The molecule has 2 aromatic heterocycles. The normalized spacial score (nSPS) is 11.1. The fourth-order valence-corrected chi connectivity index (χ4v) is 3.20. The van der Waals surface area contributed by atoms with Crippen LogP contribution < -0.4 is 0 Å². The third-order valence-electron chi connectivity index (χ3n) is 3.65. The lowest BCUT2D eigenvalue weighted by Gasteiger charge is -2.07. The van der Waals surface area contributed by atoms with Crippen molar-refractivity contribution in [2.45, 2.75) is 25.8 Å². The molecule has 3 rings (SSSR count). The lowest BCUT2D eigenvalue weighted by molar-refractivity contribution is -0.133. The fourth-order valence-electron chi connectivity index (χ4n) is 2.57. The first kappa shape index (κ1) is 15.5. The van der Waals surface area contributed by atoms with Crippen molar-refractivity contribution < 1.29 is 9.90 Å². The lowest BCUT2D eigenvalue weighted by atomic mass is 10.2. The van der Waals surface area contributed by atoms with E-state index in [1.165, 1.54) is 0 Å². The van der Waals surface area contributed by atoms with Crippen molar-refractivity contribution in [1.29, 1.82) is 0 Å². The second-order valence-corrected chi connectivity index (χ2v) is 6.24. The van der Waals surface area contributed by atoms with Crippen molar-refractivity contribution in [3.63, 3.8) is 0 Å². The summed E-state index contributed by atoms with van der Waals surface area (Å²) >= 11 is 1.14. The molecule has 0 fully saturated rings. The second-order valence-electron chi connectivity index (χ2n) is 5.28. The average Bonchev–Trinajstić information content (AvgIpc) is 2.85. The number of nitrogens with zero attached hydrogens (tertiary/aromatic N) is 4. The van der Waals surface area contributed by atoms with E-state index in [1.807, 2.05) is 49.7 Å². The highest BCUT2D eigenvalue weighted by Crippen LogP contribution is 2.30. The standard InChI is InChI=1S/C16H16N4O2S/c1-9-6-4-5-7-12(9)20-11(3)14-10(2)17-18-16(15(14)19-20)23-8-13(21)22/h4-7H,8H2,1-3H3,(H,21,22). The summed E-state index contributed by atoms with van der Waals surface area (Å²) < 4.78 is 1.88. The number of aliphatic carboxylic acids is 1. The van der Waals surface area contributed by atoms with E-state index >= 15 is 0 Å². The van der Waals surface area contributed by atoms with Crippen LogP contribution in [-0.4, -0.2) is 36.8 Å². The van der Waals surface area contributed by atoms with Crippen LogP contribution in [0.5, 0.6) is 0 Å². The van der Waals surface area contributed by atoms with Crippen molar-refractivity contribution in [2.24, 2.45) is 0 Å². The van der Waals surface area contributed by atoms with Crippen LogP contribution >= 0.6 is 11.8 Å². The van der Waals surface area contributed by atoms with E-state index < -0.39 is 5.97 Å². The molecule has 0 radical (unpaired) electrons. The van der Waals surface area contributed by atoms with Crippen molar-refractivity contribution in [2.75, 3.05) is 5.75 Å². The maximum Gasteiger partial charge on any atom is 0.313 e. The Morgan fingerprint density at radius 2 is 1.96 bits per heavy atom. The Morgan fingerprint density at radius 1 is 1.22 bits per heavy atom. The van der Waals surface area contributed by atoms with E-state index in [1.54, 1.807) is 0 Å². The van der Waals surface area contributed by atoms with Gasteiger partial charge in [-0.05, 0) is 32.4 Å². The Labute approximate surface area is 137 Å². The summed E-state index contributed by atoms with van der Waals surface area (Å²) in [6.45, 7) is 5.91. The third kappa shape index (κ3) is 2.79. The number of rotatable bonds is 4. The molecular weight excluding hydrogens is 312 g/mol. The summed E-state index contributed by atoms with van der Waals surface area (Å²) in [5.74, 6) is -0.955. The molecule has 2 heterocycles. The Morgan fingerprint density at radius 3 is 2.65 bits per heavy atom. The van der Waals surface area contributed by atoms with E-state index in [9.17, 15) is 4.79 Å². The largest absolute Gasteiger partial charge is 0.481 e. The number of fused-ring (bicyclic) bond motifs is 1. The molecule has 0 saturated heterocycles. The molecule has 0 saturated carbocycles. The first-order valence-corrected chi connectivity index (χ1v) is 8.11. The molecule has 0 aliphatic carbocycles. The minimum absolute atomic E-state index is 0.0664. The molecule has 7 heteroatoms. The van der Waals surface area contributed by atoms with Crippen molar-refractivity contribution >= 4 is 28.6 Å². The summed E-state index contributed by atoms with van der Waals surface area (Å²) in [6, 6.07) is 8.00. The van der Waals surface area contributed by atoms with Gasteiger partial charge in [-0.2, -0.15) is 10.2 Å². The zero-order valence-corrected chi connectivity index (χ0v) is 13.9. The fraction of sp³-hybridized carbons (Fsp3) is 0.250. The van der Waals surface area contributed by atoms with Gasteiger partial charge in [-0.25, -0.2) is 4.68 Å². The number of carboxylic acids is 1. The van der Waals surface area contributed by atoms with E-state index in [-0.39, 0.29) is 5.75 Å². The topological polar surface area (TPSA) is 80.9 Å². The van der Waals surface area contributed by atoms with Crippen molar-refractivity contribution in [3.05, 3.63) is 41.2 Å². The molecule has 118 valence electrons. The van der Waals surface area contributed by atoms with Gasteiger partial charge >= 0.3 is 5.97 Å². The maximum atomic E-state index is 10.8. The van der Waals surface area contributed by atoms with Crippen LogP contribution in [0, 0.1) is 20.8 Å². The van der Waals surface area contributed by atoms with Gasteiger partial charge in [0.2, 0.25) is 0 Å². The van der Waals surface area contributed by atoms with Gasteiger partial charge in [0, 0.05) is 5.39 Å². The predicted molar refractivity (Wildman–Crippen MR) is 89.2 cm³/mol. The van der Waals surface area contributed by atoms with E-state index in [0.717, 1.165) is 39.8 Å². The molecule has 0 amide bonds. The molecule has 0 bridgehead atoms. The number of thioether (sulfide) groups is 1. The SMILES string of the molecule is Cc1ccccc1-n1nc2c(SCC(=O)O)nnc(C)c2c1C. The molecule has 1 aromatic carbocycles. The molecule has 1 N–H and O–H groups in total. The molecule has 0 atom stereocenters. The molecule has 23 heavy (non-hydrogen) atoms. The van der Waals surface area contributed by atoms with Gasteiger partial charge in [-0.1, -0.05) is 30.0 Å². The van der Waals surface area contributed by atoms with Crippen LogP contribution in [0.3, 0.4) is 0 Å². The van der Waals surface area contributed by atoms with Gasteiger partial charge in [0.25, 0.3) is 0 Å². The Bertz CT molecular complexity index is 904. The summed E-state index contributed by atoms with van der Waals surface area (Å²) in [5, 5.41) is 23.3. The highest BCUT2D eigenvalue weighted by molar-refractivity contribution is 8.00. The van der Waals surface area contributed by atoms with E-state index in [2.05, 4.69) is 15.3 Å². The summed E-state index contributed by atoms with van der Waals surface area (Å²) in [5.41, 5.74) is 4.57. The van der Waals surface area contributed by atoms with Gasteiger partial charge in [0.15, 0.2) is 0 Å². The quantitative estimate of drug-likeness (QED) is 0.742. The first-order chi connectivity index (χ1) is 11.0. The van der Waals surface area contributed by atoms with Gasteiger partial charge in [0.1, 0.15) is 10.5 Å². The highest BCUT2D eigenvalue weighted by Gasteiger charge is 2.18. The summed E-state index contributed by atoms with van der Waals surface area (Å²) in [6.07, 6.45) is 0. The minimum Gasteiger partial charge on any atom is -0.481 e. The van der Waals surface area contributed by atoms with E-state index in [0.29, 0.717) is 10.5 Å². The summed E-state index contributed by atoms with van der Waals surface area (Å²) in [7, 11) is 0. The molecule has 0 spiro atoms. The number of benzene rings is 1. The van der Waals surface area contributed by atoms with E-state index in [4.69, 9.17) is 5.11 Å². The zero-order valence-electron chi connectivity index (χ0n) is 13.1. The zero-order chi connectivity index (χ0) is 16.6. The number of carboxylic acid groups (broad SMARTS) is 1. The van der Waals surface area contributed by atoms with Crippen LogP contribution in [0.1, 0.15) is 17.0 Å². The molecule has 6 nitrogen and oxygen atoms in total.